The molecule has 0 radical (unpaired) electrons. The van der Waals surface area contributed by atoms with Gasteiger partial charge in [0.2, 0.25) is 0 Å². The van der Waals surface area contributed by atoms with Crippen LogP contribution in [0.25, 0.3) is 0 Å². The molecule has 2 N–H and O–H groups in total. The van der Waals surface area contributed by atoms with Crippen molar-refractivity contribution in [3.05, 3.63) is 65.5 Å². The smallest absolute Gasteiger partial charge is 0.132 e. The van der Waals surface area contributed by atoms with E-state index in [9.17, 15) is 8.78 Å². The summed E-state index contributed by atoms with van der Waals surface area (Å²) in [5, 5.41) is 1.35. The summed E-state index contributed by atoms with van der Waals surface area (Å²) in [6.45, 7) is 3.84. The van der Waals surface area contributed by atoms with E-state index in [0.29, 0.717) is 5.92 Å². The van der Waals surface area contributed by atoms with Crippen molar-refractivity contribution in [1.29, 1.82) is 0 Å². The number of rotatable bonds is 3. The number of halogens is 2. The van der Waals surface area contributed by atoms with Crippen molar-refractivity contribution in [1.82, 2.24) is 4.98 Å². The number of pyridine rings is 1. The van der Waals surface area contributed by atoms with Crippen LogP contribution in [0.5, 0.6) is 0 Å². The van der Waals surface area contributed by atoms with Crippen LogP contribution in [0.2, 0.25) is 0 Å². The molecule has 2 aromatic rings. The Morgan fingerprint density at radius 3 is 2.67 bits per heavy atom. The van der Waals surface area contributed by atoms with Gasteiger partial charge < -0.3 is 15.5 Å². The molecule has 1 aromatic heterocycles. The Morgan fingerprint density at radius 1 is 1.15 bits per heavy atom. The van der Waals surface area contributed by atoms with Crippen LogP contribution in [0, 0.1) is 17.6 Å². The van der Waals surface area contributed by atoms with Crippen LogP contribution in [0.15, 0.2) is 48.3 Å². The molecule has 3 heterocycles. The van der Waals surface area contributed by atoms with E-state index >= 15 is 0 Å². The summed E-state index contributed by atoms with van der Waals surface area (Å²) in [7, 11) is 0. The molecule has 1 fully saturated rings. The average molecular weight is 388 g/mol. The zero-order valence-corrected chi connectivity index (χ0v) is 15.9. The van der Waals surface area contributed by atoms with Gasteiger partial charge in [-0.05, 0) is 35.9 Å². The molecule has 0 bridgehead atoms. The van der Waals surface area contributed by atoms with E-state index in [-0.39, 0.29) is 11.6 Å². The van der Waals surface area contributed by atoms with Crippen molar-refractivity contribution in [3.63, 3.8) is 0 Å². The highest BCUT2D eigenvalue weighted by Crippen LogP contribution is 2.46. The quantitative estimate of drug-likeness (QED) is 0.851. The largest absolute Gasteiger partial charge is 0.368 e. The van der Waals surface area contributed by atoms with Gasteiger partial charge >= 0.3 is 0 Å². The van der Waals surface area contributed by atoms with Gasteiger partial charge in [-0.2, -0.15) is 0 Å². The maximum absolute atomic E-state index is 14.4. The van der Waals surface area contributed by atoms with Gasteiger partial charge in [-0.3, -0.25) is 4.98 Å². The van der Waals surface area contributed by atoms with E-state index in [0.717, 1.165) is 30.9 Å². The molecule has 4 rings (SSSR count). The molecule has 2 aliphatic rings. The van der Waals surface area contributed by atoms with E-state index in [1.807, 2.05) is 22.6 Å². The molecule has 3 atom stereocenters. The van der Waals surface area contributed by atoms with E-state index < -0.39 is 17.0 Å². The first-order valence-corrected chi connectivity index (χ1v) is 9.98. The third kappa shape index (κ3) is 3.53. The minimum absolute atomic E-state index is 0.0611. The summed E-state index contributed by atoms with van der Waals surface area (Å²) in [4.78, 5) is 8.41. The molecule has 2 aliphatic heterocycles. The van der Waals surface area contributed by atoms with Crippen molar-refractivity contribution in [2.75, 3.05) is 22.9 Å². The molecule has 7 heteroatoms. The van der Waals surface area contributed by atoms with Crippen LogP contribution in [-0.2, 0) is 0 Å². The SMILES string of the molecule is CC1CC(N)CN(c2ccncc2N2C=CSC2c2c(F)cccc2F)C1. The average Bonchev–Trinajstić information content (AvgIpc) is 3.10. The van der Waals surface area contributed by atoms with Gasteiger partial charge in [-0.15, -0.1) is 11.8 Å². The Morgan fingerprint density at radius 2 is 1.93 bits per heavy atom. The molecule has 27 heavy (non-hydrogen) atoms. The number of piperidine rings is 1. The van der Waals surface area contributed by atoms with Crippen molar-refractivity contribution in [2.24, 2.45) is 11.7 Å². The van der Waals surface area contributed by atoms with Gasteiger partial charge in [-0.1, -0.05) is 13.0 Å². The lowest BCUT2D eigenvalue weighted by atomic mass is 9.96. The van der Waals surface area contributed by atoms with Gasteiger partial charge in [0.1, 0.15) is 17.0 Å². The zero-order chi connectivity index (χ0) is 19.0. The van der Waals surface area contributed by atoms with Gasteiger partial charge in [-0.25, -0.2) is 8.78 Å². The fourth-order valence-electron chi connectivity index (χ4n) is 3.92. The highest BCUT2D eigenvalue weighted by atomic mass is 32.2. The minimum atomic E-state index is -0.541. The Hall–Kier alpha value is -2.12. The highest BCUT2D eigenvalue weighted by Gasteiger charge is 2.32. The first-order valence-electron chi connectivity index (χ1n) is 9.03. The normalized spacial score (nSPS) is 25.3. The van der Waals surface area contributed by atoms with Crippen LogP contribution in [0.3, 0.4) is 0 Å². The van der Waals surface area contributed by atoms with Crippen LogP contribution in [-0.4, -0.2) is 24.1 Å². The molecule has 0 spiro atoms. The van der Waals surface area contributed by atoms with Crippen molar-refractivity contribution < 1.29 is 8.78 Å². The number of hydrogen-bond donors (Lipinski definition) is 1. The van der Waals surface area contributed by atoms with E-state index in [4.69, 9.17) is 5.73 Å². The third-order valence-electron chi connectivity index (χ3n) is 5.02. The molecule has 1 saturated heterocycles. The number of benzene rings is 1. The molecule has 3 unspecified atom stereocenters. The predicted octanol–water partition coefficient (Wildman–Crippen LogP) is 4.26. The summed E-state index contributed by atoms with van der Waals surface area (Å²) < 4.78 is 28.8. The van der Waals surface area contributed by atoms with Crippen LogP contribution in [0.1, 0.15) is 24.3 Å². The Labute approximate surface area is 162 Å². The molecule has 0 amide bonds. The predicted molar refractivity (Wildman–Crippen MR) is 107 cm³/mol. The van der Waals surface area contributed by atoms with Crippen molar-refractivity contribution >= 4 is 23.1 Å². The van der Waals surface area contributed by atoms with Gasteiger partial charge in [0.25, 0.3) is 0 Å². The summed E-state index contributed by atoms with van der Waals surface area (Å²) in [5.74, 6) is -0.599. The number of aromatic nitrogens is 1. The van der Waals surface area contributed by atoms with Gasteiger partial charge in [0, 0.05) is 31.5 Å². The number of anilines is 2. The molecular weight excluding hydrogens is 366 g/mol. The lowest BCUT2D eigenvalue weighted by molar-refractivity contribution is 0.401. The maximum Gasteiger partial charge on any atom is 0.132 e. The minimum Gasteiger partial charge on any atom is -0.368 e. The Bertz CT molecular complexity index is 829. The first-order chi connectivity index (χ1) is 13.0. The van der Waals surface area contributed by atoms with E-state index in [1.54, 1.807) is 12.4 Å². The zero-order valence-electron chi connectivity index (χ0n) is 15.1. The monoisotopic (exact) mass is 388 g/mol. The molecule has 1 aromatic carbocycles. The Balaban J connectivity index is 1.72. The lowest BCUT2D eigenvalue weighted by Crippen LogP contribution is -2.46. The molecular formula is C20H22F2N4S. The molecule has 142 valence electrons. The van der Waals surface area contributed by atoms with Crippen molar-refractivity contribution in [2.45, 2.75) is 24.8 Å². The lowest BCUT2D eigenvalue weighted by Gasteiger charge is -2.38. The molecule has 4 nitrogen and oxygen atoms in total. The summed E-state index contributed by atoms with van der Waals surface area (Å²) in [5.41, 5.74) is 8.10. The van der Waals surface area contributed by atoms with Crippen molar-refractivity contribution in [3.8, 4) is 0 Å². The second-order valence-corrected chi connectivity index (χ2v) is 8.18. The number of hydrogen-bond acceptors (Lipinski definition) is 5. The second-order valence-electron chi connectivity index (χ2n) is 7.19. The Kier molecular flexibility index (Phi) is 5.06. The fraction of sp³-hybridized carbons (Fsp3) is 0.350. The van der Waals surface area contributed by atoms with E-state index in [2.05, 4.69) is 16.8 Å². The second kappa shape index (κ2) is 7.48. The topological polar surface area (TPSA) is 45.4 Å². The van der Waals surface area contributed by atoms with Crippen LogP contribution < -0.4 is 15.5 Å². The molecule has 0 saturated carbocycles. The fourth-order valence-corrected chi connectivity index (χ4v) is 4.95. The van der Waals surface area contributed by atoms with Gasteiger partial charge in [0.15, 0.2) is 0 Å². The number of nitrogens with zero attached hydrogens (tertiary/aromatic N) is 3. The van der Waals surface area contributed by atoms with Crippen LogP contribution >= 0.6 is 11.8 Å². The standard InChI is InChI=1S/C20H22F2N4S/c1-13-9-14(23)12-25(11-13)17-5-6-24-10-18(17)26-7-8-27-20(26)19-15(21)3-2-4-16(19)22/h2-8,10,13-14,20H,9,11-12,23H2,1H3. The molecule has 0 aliphatic carbocycles. The number of nitrogens with two attached hydrogens (primary N) is 1. The third-order valence-corrected chi connectivity index (χ3v) is 6.02. The maximum atomic E-state index is 14.4. The summed E-state index contributed by atoms with van der Waals surface area (Å²) in [6.07, 6.45) is 6.35. The first kappa shape index (κ1) is 18.3. The highest BCUT2D eigenvalue weighted by molar-refractivity contribution is 8.02. The summed E-state index contributed by atoms with van der Waals surface area (Å²) in [6, 6.07) is 6.04. The van der Waals surface area contributed by atoms with Gasteiger partial charge in [0.05, 0.1) is 23.1 Å². The van der Waals surface area contributed by atoms with E-state index in [1.165, 1.54) is 30.0 Å². The number of thioether (sulfide) groups is 1. The van der Waals surface area contributed by atoms with Crippen LogP contribution in [0.4, 0.5) is 20.2 Å². The summed E-state index contributed by atoms with van der Waals surface area (Å²) >= 11 is 1.38.